The van der Waals surface area contributed by atoms with E-state index < -0.39 is 0 Å². The molecular weight excluding hydrogens is 282 g/mol. The maximum atomic E-state index is 5.95. The zero-order valence-electron chi connectivity index (χ0n) is 15.1. The lowest BCUT2D eigenvalue weighted by molar-refractivity contribution is -0.102. The molecule has 1 unspecified atom stereocenters. The van der Waals surface area contributed by atoms with Crippen molar-refractivity contribution in [2.24, 2.45) is 28.6 Å². The third kappa shape index (κ3) is 2.10. The molecule has 2 nitrogen and oxygen atoms in total. The molecule has 0 radical (unpaired) electrons. The number of likely N-dealkylation sites (N-methyl/N-ethyl adjacent to an activating group) is 1. The average Bonchev–Trinajstić information content (AvgIpc) is 2.84. The van der Waals surface area contributed by atoms with Crippen LogP contribution in [0, 0.1) is 28.6 Å². The van der Waals surface area contributed by atoms with Gasteiger partial charge in [0.25, 0.3) is 0 Å². The van der Waals surface area contributed by atoms with E-state index in [1.807, 2.05) is 0 Å². The maximum absolute atomic E-state index is 5.95. The summed E-state index contributed by atoms with van der Waals surface area (Å²) >= 11 is 0. The second kappa shape index (κ2) is 5.37. The lowest BCUT2D eigenvalue weighted by Gasteiger charge is -2.60. The van der Waals surface area contributed by atoms with Crippen molar-refractivity contribution in [3.8, 4) is 0 Å². The van der Waals surface area contributed by atoms with E-state index in [1.165, 1.54) is 38.5 Å². The lowest BCUT2D eigenvalue weighted by atomic mass is 9.48. The van der Waals surface area contributed by atoms with Crippen LogP contribution in [0.5, 0.6) is 0 Å². The molecule has 1 heterocycles. The number of fused-ring (bicyclic) bond motifs is 5. The summed E-state index contributed by atoms with van der Waals surface area (Å²) < 4.78 is 5.95. The zero-order chi connectivity index (χ0) is 16.2. The van der Waals surface area contributed by atoms with Gasteiger partial charge in [0.1, 0.15) is 6.10 Å². The maximum Gasteiger partial charge on any atom is 0.103 e. The Hall–Kier alpha value is -0.760. The molecule has 1 aliphatic heterocycles. The van der Waals surface area contributed by atoms with Crippen LogP contribution in [0.25, 0.3) is 0 Å². The molecule has 0 N–H and O–H groups in total. The fraction of sp³-hybridized carbons (Fsp3) is 0.810. The molecule has 128 valence electrons. The molecule has 0 saturated heterocycles. The molecule has 0 spiro atoms. The first-order chi connectivity index (χ1) is 11.0. The summed E-state index contributed by atoms with van der Waals surface area (Å²) in [4.78, 5) is 2.60. The molecule has 3 saturated carbocycles. The highest BCUT2D eigenvalue weighted by Crippen LogP contribution is 2.64. The van der Waals surface area contributed by atoms with Gasteiger partial charge >= 0.3 is 0 Å². The Morgan fingerprint density at radius 3 is 2.74 bits per heavy atom. The second-order valence-corrected chi connectivity index (χ2v) is 9.09. The van der Waals surface area contributed by atoms with Crippen molar-refractivity contribution >= 4 is 0 Å². The monoisotopic (exact) mass is 315 g/mol. The van der Waals surface area contributed by atoms with Crippen LogP contribution >= 0.6 is 0 Å². The summed E-state index contributed by atoms with van der Waals surface area (Å²) in [6.45, 7) is 10.0. The molecule has 4 rings (SSSR count). The molecule has 0 amide bonds. The van der Waals surface area contributed by atoms with Crippen molar-refractivity contribution in [3.63, 3.8) is 0 Å². The van der Waals surface area contributed by atoms with Crippen LogP contribution in [0.15, 0.2) is 25.0 Å². The highest BCUT2D eigenvalue weighted by molar-refractivity contribution is 5.18. The highest BCUT2D eigenvalue weighted by atomic mass is 16.5. The van der Waals surface area contributed by atoms with Crippen molar-refractivity contribution in [2.45, 2.75) is 64.5 Å². The van der Waals surface area contributed by atoms with E-state index in [9.17, 15) is 0 Å². The Kier molecular flexibility index (Phi) is 3.68. The summed E-state index contributed by atoms with van der Waals surface area (Å²) in [5.41, 5.74) is 0.761. The van der Waals surface area contributed by atoms with Gasteiger partial charge in [0, 0.05) is 23.4 Å². The van der Waals surface area contributed by atoms with Crippen LogP contribution in [0.4, 0.5) is 0 Å². The lowest BCUT2D eigenvalue weighted by Crippen LogP contribution is -2.58. The standard InChI is InChI=1S/C21H33NO/c1-5-23-19-10-8-16-15-7-9-18-20(2,12-6-14-22(18)4)17(15)11-13-21(16,19)3/h5-6,12,15-19H,1,7-11,13-14H2,2-4H3/t15-,16-,17-,18?,19-,20+,21-/m0/s1. The van der Waals surface area contributed by atoms with E-state index in [1.54, 1.807) is 6.26 Å². The predicted octanol–water partition coefficient (Wildman–Crippen LogP) is 4.63. The van der Waals surface area contributed by atoms with Crippen LogP contribution in [-0.2, 0) is 4.74 Å². The normalized spacial score (nSPS) is 52.4. The highest BCUT2D eigenvalue weighted by Gasteiger charge is 2.60. The molecule has 0 bridgehead atoms. The van der Waals surface area contributed by atoms with Gasteiger partial charge in [-0.1, -0.05) is 32.6 Å². The summed E-state index contributed by atoms with van der Waals surface area (Å²) in [5.74, 6) is 2.61. The molecular formula is C21H33NO. The number of hydrogen-bond donors (Lipinski definition) is 0. The number of ether oxygens (including phenoxy) is 1. The predicted molar refractivity (Wildman–Crippen MR) is 95.0 cm³/mol. The van der Waals surface area contributed by atoms with Crippen molar-refractivity contribution in [2.75, 3.05) is 13.6 Å². The van der Waals surface area contributed by atoms with E-state index in [4.69, 9.17) is 4.74 Å². The van der Waals surface area contributed by atoms with Gasteiger partial charge in [-0.15, -0.1) is 0 Å². The van der Waals surface area contributed by atoms with Gasteiger partial charge in [-0.2, -0.15) is 0 Å². The van der Waals surface area contributed by atoms with Gasteiger partial charge in [0.05, 0.1) is 6.26 Å². The van der Waals surface area contributed by atoms with Crippen molar-refractivity contribution in [3.05, 3.63) is 25.0 Å². The summed E-state index contributed by atoms with van der Waals surface area (Å²) in [6.07, 6.45) is 15.2. The quantitative estimate of drug-likeness (QED) is 0.544. The Morgan fingerprint density at radius 2 is 1.96 bits per heavy atom. The van der Waals surface area contributed by atoms with Gasteiger partial charge in [-0.3, -0.25) is 4.90 Å². The minimum atomic E-state index is 0.378. The molecule has 0 aromatic carbocycles. The topological polar surface area (TPSA) is 12.5 Å². The van der Waals surface area contributed by atoms with Crippen LogP contribution in [0.2, 0.25) is 0 Å². The zero-order valence-corrected chi connectivity index (χ0v) is 15.1. The minimum absolute atomic E-state index is 0.378. The van der Waals surface area contributed by atoms with Gasteiger partial charge < -0.3 is 4.74 Å². The Labute approximate surface area is 142 Å². The number of nitrogens with zero attached hydrogens (tertiary/aromatic N) is 1. The van der Waals surface area contributed by atoms with Gasteiger partial charge in [0.2, 0.25) is 0 Å². The van der Waals surface area contributed by atoms with Crippen LogP contribution in [-0.4, -0.2) is 30.6 Å². The molecule has 3 aliphatic carbocycles. The largest absolute Gasteiger partial charge is 0.498 e. The van der Waals surface area contributed by atoms with Crippen LogP contribution in [0.1, 0.15) is 52.4 Å². The third-order valence-electron chi connectivity index (χ3n) is 8.30. The first-order valence-electron chi connectivity index (χ1n) is 9.65. The number of rotatable bonds is 2. The number of hydrogen-bond acceptors (Lipinski definition) is 2. The summed E-state index contributed by atoms with van der Waals surface area (Å²) in [7, 11) is 2.32. The van der Waals surface area contributed by atoms with Crippen LogP contribution < -0.4 is 0 Å². The molecule has 3 fully saturated rings. The van der Waals surface area contributed by atoms with E-state index in [0.717, 1.165) is 30.3 Å². The fourth-order valence-corrected chi connectivity index (χ4v) is 7.19. The molecule has 7 atom stereocenters. The molecule has 4 aliphatic rings. The van der Waals surface area contributed by atoms with Gasteiger partial charge in [-0.05, 0) is 63.3 Å². The first-order valence-corrected chi connectivity index (χ1v) is 9.65. The van der Waals surface area contributed by atoms with Gasteiger partial charge in [-0.25, -0.2) is 0 Å². The van der Waals surface area contributed by atoms with Crippen LogP contribution in [0.3, 0.4) is 0 Å². The van der Waals surface area contributed by atoms with Crippen molar-refractivity contribution in [1.82, 2.24) is 4.90 Å². The Bertz CT molecular complexity index is 514. The fourth-order valence-electron chi connectivity index (χ4n) is 7.19. The summed E-state index contributed by atoms with van der Waals surface area (Å²) in [6, 6.07) is 0.750. The molecule has 0 aromatic heterocycles. The van der Waals surface area contributed by atoms with Crippen molar-refractivity contribution in [1.29, 1.82) is 0 Å². The van der Waals surface area contributed by atoms with E-state index in [-0.39, 0.29) is 0 Å². The van der Waals surface area contributed by atoms with E-state index in [2.05, 4.69) is 44.5 Å². The van der Waals surface area contributed by atoms with Gasteiger partial charge in [0.15, 0.2) is 0 Å². The van der Waals surface area contributed by atoms with E-state index >= 15 is 0 Å². The second-order valence-electron chi connectivity index (χ2n) is 9.09. The Balaban J connectivity index is 1.64. The SMILES string of the molecule is C=CO[C@H]1CC[C@H]2[C@@H]3CCC4N(C)CC=C[C@]4(C)[C@H]3CC[C@]12C. The average molecular weight is 316 g/mol. The minimum Gasteiger partial charge on any atom is -0.498 e. The molecule has 2 heteroatoms. The smallest absolute Gasteiger partial charge is 0.103 e. The van der Waals surface area contributed by atoms with Crippen molar-refractivity contribution < 1.29 is 4.74 Å². The summed E-state index contributed by atoms with van der Waals surface area (Å²) in [5, 5.41) is 0. The first kappa shape index (κ1) is 15.7. The third-order valence-corrected chi connectivity index (χ3v) is 8.30. The Morgan fingerprint density at radius 1 is 1.13 bits per heavy atom. The van der Waals surface area contributed by atoms with E-state index in [0.29, 0.717) is 16.9 Å². The molecule has 23 heavy (non-hydrogen) atoms. The molecule has 0 aromatic rings.